The summed E-state index contributed by atoms with van der Waals surface area (Å²) in [4.78, 5) is 45.3. The lowest BCUT2D eigenvalue weighted by atomic mass is 10.1. The molecular formula is C26H24N8O2. The second-order valence-electron chi connectivity index (χ2n) is 8.24. The van der Waals surface area contributed by atoms with Gasteiger partial charge in [0.05, 0.1) is 0 Å². The predicted molar refractivity (Wildman–Crippen MR) is 134 cm³/mol. The van der Waals surface area contributed by atoms with Gasteiger partial charge >= 0.3 is 11.8 Å². The minimum Gasteiger partial charge on any atom is -0.328 e. The third-order valence-electron chi connectivity index (χ3n) is 5.70. The number of hydrogen-bond donors (Lipinski definition) is 2. The molecule has 1 saturated heterocycles. The van der Waals surface area contributed by atoms with E-state index in [-0.39, 0.29) is 0 Å². The highest BCUT2D eigenvalue weighted by Crippen LogP contribution is 2.19. The van der Waals surface area contributed by atoms with Gasteiger partial charge in [-0.25, -0.2) is 19.9 Å². The van der Waals surface area contributed by atoms with Crippen LogP contribution in [-0.2, 0) is 22.7 Å². The number of piperazine rings is 1. The predicted octanol–water partition coefficient (Wildman–Crippen LogP) is 3.12. The van der Waals surface area contributed by atoms with E-state index in [9.17, 15) is 9.59 Å². The summed E-state index contributed by atoms with van der Waals surface area (Å²) in [5, 5.41) is 6.24. The van der Waals surface area contributed by atoms with Crippen LogP contribution in [0.3, 0.4) is 0 Å². The second kappa shape index (κ2) is 10.6. The Balaban J connectivity index is 1.14. The van der Waals surface area contributed by atoms with Crippen molar-refractivity contribution >= 4 is 35.1 Å². The van der Waals surface area contributed by atoms with Crippen molar-refractivity contribution in [2.24, 2.45) is 0 Å². The maximum absolute atomic E-state index is 12.8. The molecule has 2 N–H and O–H groups in total. The molecular weight excluding hydrogens is 456 g/mol. The molecule has 5 rings (SSSR count). The van der Waals surface area contributed by atoms with Crippen LogP contribution in [-0.4, -0.2) is 54.6 Å². The van der Waals surface area contributed by atoms with Gasteiger partial charge in [-0.05, 0) is 47.5 Å². The van der Waals surface area contributed by atoms with Gasteiger partial charge in [0, 0.05) is 62.3 Å². The van der Waals surface area contributed by atoms with E-state index < -0.39 is 11.8 Å². The average molecular weight is 481 g/mol. The van der Waals surface area contributed by atoms with E-state index >= 15 is 0 Å². The number of benzene rings is 2. The lowest BCUT2D eigenvalue weighted by molar-refractivity contribution is -0.156. The number of nitrogens with zero attached hydrogens (tertiary/aromatic N) is 6. The van der Waals surface area contributed by atoms with E-state index in [1.54, 1.807) is 46.7 Å². The van der Waals surface area contributed by atoms with E-state index in [0.717, 1.165) is 22.5 Å². The molecule has 2 aromatic carbocycles. The summed E-state index contributed by atoms with van der Waals surface area (Å²) in [5.41, 5.74) is 3.56. The smallest absolute Gasteiger partial charge is 0.312 e. The fourth-order valence-corrected chi connectivity index (χ4v) is 3.83. The summed E-state index contributed by atoms with van der Waals surface area (Å²) in [6, 6.07) is 18.8. The Hall–Kier alpha value is -4.86. The van der Waals surface area contributed by atoms with Gasteiger partial charge in [-0.3, -0.25) is 9.59 Å². The lowest BCUT2D eigenvalue weighted by Gasteiger charge is -2.34. The van der Waals surface area contributed by atoms with Gasteiger partial charge in [0.1, 0.15) is 0 Å². The van der Waals surface area contributed by atoms with Crippen LogP contribution in [0.4, 0.5) is 23.3 Å². The van der Waals surface area contributed by atoms with Gasteiger partial charge < -0.3 is 20.4 Å². The number of anilines is 4. The molecule has 3 heterocycles. The number of aromatic nitrogens is 4. The van der Waals surface area contributed by atoms with Crippen molar-refractivity contribution in [3.8, 4) is 0 Å². The molecule has 180 valence electrons. The minimum atomic E-state index is -0.486. The van der Waals surface area contributed by atoms with Gasteiger partial charge in [-0.2, -0.15) is 0 Å². The fraction of sp³-hybridized carbons (Fsp3) is 0.154. The molecule has 1 fully saturated rings. The van der Waals surface area contributed by atoms with Crippen molar-refractivity contribution in [3.05, 3.63) is 96.6 Å². The molecule has 2 aromatic heterocycles. The maximum atomic E-state index is 12.8. The Kier molecular flexibility index (Phi) is 6.74. The van der Waals surface area contributed by atoms with E-state index in [0.29, 0.717) is 38.1 Å². The first-order chi connectivity index (χ1) is 17.6. The molecule has 0 aliphatic carbocycles. The largest absolute Gasteiger partial charge is 0.328 e. The summed E-state index contributed by atoms with van der Waals surface area (Å²) < 4.78 is 0. The normalized spacial score (nSPS) is 13.6. The molecule has 0 spiro atoms. The number of rotatable bonds is 8. The topological polar surface area (TPSA) is 116 Å². The SMILES string of the molecule is O=C1C(=O)N(Cc2ccc(Nc3ncccn3)cc2)CCN1Cc1ccc(Nc2ncccn2)cc1. The molecule has 0 atom stereocenters. The van der Waals surface area contributed by atoms with Gasteiger partial charge in [0.25, 0.3) is 0 Å². The first-order valence-corrected chi connectivity index (χ1v) is 11.5. The molecule has 36 heavy (non-hydrogen) atoms. The molecule has 0 radical (unpaired) electrons. The third kappa shape index (κ3) is 5.61. The first-order valence-electron chi connectivity index (χ1n) is 11.5. The van der Waals surface area contributed by atoms with Crippen molar-refractivity contribution in [1.29, 1.82) is 0 Å². The molecule has 4 aromatic rings. The zero-order valence-electron chi connectivity index (χ0n) is 19.4. The van der Waals surface area contributed by atoms with Crippen molar-refractivity contribution in [2.75, 3.05) is 23.7 Å². The molecule has 0 bridgehead atoms. The third-order valence-corrected chi connectivity index (χ3v) is 5.70. The average Bonchev–Trinajstić information content (AvgIpc) is 2.92. The zero-order chi connectivity index (χ0) is 24.7. The summed E-state index contributed by atoms with van der Waals surface area (Å²) in [6.07, 6.45) is 6.67. The van der Waals surface area contributed by atoms with Gasteiger partial charge in [-0.1, -0.05) is 24.3 Å². The Morgan fingerprint density at radius 3 is 1.31 bits per heavy atom. The van der Waals surface area contributed by atoms with Crippen LogP contribution in [0, 0.1) is 0 Å². The lowest BCUT2D eigenvalue weighted by Crippen LogP contribution is -2.53. The standard InChI is InChI=1S/C26H24N8O2/c35-23-24(36)34(18-20-5-9-22(10-6-20)32-26-29-13-2-14-30-26)16-15-33(23)17-19-3-7-21(8-4-19)31-25-27-11-1-12-28-25/h1-14H,15-18H2,(H,27,28,31)(H,29,30,32). The van der Waals surface area contributed by atoms with E-state index in [4.69, 9.17) is 0 Å². The van der Waals surface area contributed by atoms with Gasteiger partial charge in [0.2, 0.25) is 11.9 Å². The van der Waals surface area contributed by atoms with Crippen LogP contribution >= 0.6 is 0 Å². The van der Waals surface area contributed by atoms with Crippen LogP contribution in [0.2, 0.25) is 0 Å². The van der Waals surface area contributed by atoms with E-state index in [1.807, 2.05) is 48.5 Å². The minimum absolute atomic E-state index is 0.377. The zero-order valence-corrected chi connectivity index (χ0v) is 19.4. The van der Waals surface area contributed by atoms with Crippen LogP contribution in [0.5, 0.6) is 0 Å². The summed E-state index contributed by atoms with van der Waals surface area (Å²) in [6.45, 7) is 1.71. The Morgan fingerprint density at radius 1 is 0.583 bits per heavy atom. The second-order valence-corrected chi connectivity index (χ2v) is 8.24. The Labute approximate surface area is 208 Å². The highest BCUT2D eigenvalue weighted by Gasteiger charge is 2.32. The van der Waals surface area contributed by atoms with Gasteiger partial charge in [0.15, 0.2) is 0 Å². The molecule has 10 heteroatoms. The first kappa shape index (κ1) is 22.9. The quantitative estimate of drug-likeness (QED) is 0.370. The van der Waals surface area contributed by atoms with E-state index in [2.05, 4.69) is 30.6 Å². The number of carbonyl (C=O) groups is 2. The molecule has 10 nitrogen and oxygen atoms in total. The fourth-order valence-electron chi connectivity index (χ4n) is 3.83. The number of hydrogen-bond acceptors (Lipinski definition) is 8. The van der Waals surface area contributed by atoms with Crippen LogP contribution in [0.15, 0.2) is 85.5 Å². The summed E-state index contributed by atoms with van der Waals surface area (Å²) in [7, 11) is 0. The highest BCUT2D eigenvalue weighted by molar-refractivity contribution is 6.35. The Bertz CT molecular complexity index is 1210. The molecule has 1 aliphatic heterocycles. The van der Waals surface area contributed by atoms with Crippen molar-refractivity contribution < 1.29 is 9.59 Å². The molecule has 2 amide bonds. The van der Waals surface area contributed by atoms with Crippen LogP contribution in [0.25, 0.3) is 0 Å². The summed E-state index contributed by atoms with van der Waals surface area (Å²) >= 11 is 0. The number of carbonyl (C=O) groups excluding carboxylic acids is 2. The van der Waals surface area contributed by atoms with Crippen molar-refractivity contribution in [1.82, 2.24) is 29.7 Å². The highest BCUT2D eigenvalue weighted by atomic mass is 16.2. The van der Waals surface area contributed by atoms with Gasteiger partial charge in [-0.15, -0.1) is 0 Å². The van der Waals surface area contributed by atoms with Crippen molar-refractivity contribution in [3.63, 3.8) is 0 Å². The molecule has 0 unspecified atom stereocenters. The van der Waals surface area contributed by atoms with Crippen LogP contribution < -0.4 is 10.6 Å². The maximum Gasteiger partial charge on any atom is 0.312 e. The molecule has 0 saturated carbocycles. The number of nitrogens with one attached hydrogen (secondary N) is 2. The monoisotopic (exact) mass is 480 g/mol. The van der Waals surface area contributed by atoms with E-state index in [1.165, 1.54) is 0 Å². The molecule has 1 aliphatic rings. The van der Waals surface area contributed by atoms with Crippen LogP contribution in [0.1, 0.15) is 11.1 Å². The Morgan fingerprint density at radius 2 is 0.944 bits per heavy atom. The number of amides is 2. The van der Waals surface area contributed by atoms with Crippen molar-refractivity contribution in [2.45, 2.75) is 13.1 Å². The summed E-state index contributed by atoms with van der Waals surface area (Å²) in [5.74, 6) is 0.0535.